The fourth-order valence-electron chi connectivity index (χ4n) is 1.78. The van der Waals surface area contributed by atoms with E-state index in [1.807, 2.05) is 12.1 Å². The van der Waals surface area contributed by atoms with Gasteiger partial charge in [-0.3, -0.25) is 0 Å². The third-order valence-electron chi connectivity index (χ3n) is 3.13. The number of hydrogen-bond donors (Lipinski definition) is 0. The molecule has 0 bridgehead atoms. The van der Waals surface area contributed by atoms with E-state index in [1.165, 1.54) is 18.4 Å². The summed E-state index contributed by atoms with van der Waals surface area (Å²) >= 11 is 0. The maximum absolute atomic E-state index is 9.92. The summed E-state index contributed by atoms with van der Waals surface area (Å²) in [5.41, 5.74) is 1.21. The second-order valence-corrected chi connectivity index (χ2v) is 5.34. The van der Waals surface area contributed by atoms with Crippen LogP contribution in [-0.2, 0) is 24.3 Å². The Hall–Kier alpha value is -0.927. The van der Waals surface area contributed by atoms with Crippen LogP contribution in [-0.4, -0.2) is 5.97 Å². The smallest absolute Gasteiger partial charge is 0.664 e. The van der Waals surface area contributed by atoms with Gasteiger partial charge in [-0.2, -0.15) is 0 Å². The van der Waals surface area contributed by atoms with Crippen LogP contribution in [0.1, 0.15) is 70.8 Å². The third kappa shape index (κ3) is 12.8. The Morgan fingerprint density at radius 1 is 1.09 bits per heavy atom. The summed E-state index contributed by atoms with van der Waals surface area (Å²) in [5.74, 6) is -0.0541. The molecule has 1 aromatic carbocycles. The van der Waals surface area contributed by atoms with Crippen LogP contribution in [0.3, 0.4) is 0 Å². The summed E-state index contributed by atoms with van der Waals surface area (Å²) in [7, 11) is 0. The maximum Gasteiger partial charge on any atom is 2.00 e. The van der Waals surface area contributed by atoms with Crippen LogP contribution in [0.5, 0.6) is 5.75 Å². The SMILES string of the molecule is CC(C)c1ccc(O[O-])cc1.CCCCCCCC(=O)[O-].[Zn+2]. The van der Waals surface area contributed by atoms with Crippen molar-refractivity contribution in [3.63, 3.8) is 0 Å². The third-order valence-corrected chi connectivity index (χ3v) is 3.13. The van der Waals surface area contributed by atoms with Crippen LogP contribution < -0.4 is 15.3 Å². The molecule has 5 heteroatoms. The standard InChI is InChI=1S/C9H12O2.C8H16O2.Zn/c1-7(2)8-3-5-9(11-10)6-4-8;1-2-3-4-5-6-7-8(9)10;/h3-7,10H,1-2H3;2-7H2,1H3,(H,9,10);/q;;+2/p-2. The van der Waals surface area contributed by atoms with Crippen molar-refractivity contribution in [2.45, 2.75) is 65.2 Å². The largest absolute Gasteiger partial charge is 2.00 e. The van der Waals surface area contributed by atoms with Crippen molar-refractivity contribution in [1.82, 2.24) is 0 Å². The van der Waals surface area contributed by atoms with Gasteiger partial charge in [-0.15, -0.1) is 0 Å². The van der Waals surface area contributed by atoms with E-state index in [0.717, 1.165) is 19.3 Å². The number of carbonyl (C=O) groups is 1. The molecule has 120 valence electrons. The molecule has 0 fully saturated rings. The molecule has 0 aromatic heterocycles. The molecule has 0 heterocycles. The van der Waals surface area contributed by atoms with Crippen LogP contribution in [0, 0.1) is 0 Å². The first-order valence-corrected chi connectivity index (χ1v) is 7.60. The molecule has 0 spiro atoms. The predicted molar refractivity (Wildman–Crippen MR) is 79.5 cm³/mol. The summed E-state index contributed by atoms with van der Waals surface area (Å²) in [5, 5.41) is 19.8. The molecule has 1 rings (SSSR count). The summed E-state index contributed by atoms with van der Waals surface area (Å²) in [6, 6.07) is 7.17. The molecule has 0 radical (unpaired) electrons. The van der Waals surface area contributed by atoms with Gasteiger partial charge in [0.1, 0.15) is 5.75 Å². The van der Waals surface area contributed by atoms with E-state index in [4.69, 9.17) is 0 Å². The Morgan fingerprint density at radius 2 is 1.64 bits per heavy atom. The minimum Gasteiger partial charge on any atom is -0.664 e. The first-order valence-electron chi connectivity index (χ1n) is 7.60. The second-order valence-electron chi connectivity index (χ2n) is 5.34. The maximum atomic E-state index is 9.92. The molecule has 0 aliphatic rings. The van der Waals surface area contributed by atoms with Crippen molar-refractivity contribution in [3.05, 3.63) is 29.8 Å². The summed E-state index contributed by atoms with van der Waals surface area (Å²) < 4.78 is 0. The van der Waals surface area contributed by atoms with E-state index in [1.54, 1.807) is 12.1 Å². The Labute approximate surface area is 146 Å². The fourth-order valence-corrected chi connectivity index (χ4v) is 1.78. The molecule has 0 N–H and O–H groups in total. The Morgan fingerprint density at radius 3 is 2.05 bits per heavy atom. The Bertz CT molecular complexity index is 377. The molecule has 0 saturated heterocycles. The van der Waals surface area contributed by atoms with Crippen molar-refractivity contribution in [1.29, 1.82) is 0 Å². The van der Waals surface area contributed by atoms with Crippen LogP contribution in [0.25, 0.3) is 0 Å². The molecule has 22 heavy (non-hydrogen) atoms. The normalized spacial score (nSPS) is 9.50. The van der Waals surface area contributed by atoms with E-state index >= 15 is 0 Å². The zero-order valence-electron chi connectivity index (χ0n) is 14.0. The number of rotatable bonds is 8. The first kappa shape index (κ1) is 23.3. The number of carboxylic acid groups (broad SMARTS) is 1. The average molecular weight is 360 g/mol. The van der Waals surface area contributed by atoms with E-state index in [-0.39, 0.29) is 25.9 Å². The van der Waals surface area contributed by atoms with Crippen LogP contribution in [0.2, 0.25) is 0 Å². The monoisotopic (exact) mass is 358 g/mol. The molecule has 0 aliphatic heterocycles. The van der Waals surface area contributed by atoms with E-state index in [9.17, 15) is 15.2 Å². The summed E-state index contributed by atoms with van der Waals surface area (Å²) in [6.07, 6.45) is 5.61. The van der Waals surface area contributed by atoms with E-state index < -0.39 is 5.97 Å². The second kappa shape index (κ2) is 15.0. The number of aliphatic carboxylic acids is 1. The predicted octanol–water partition coefficient (Wildman–Crippen LogP) is 2.56. The van der Waals surface area contributed by atoms with Crippen molar-refractivity contribution in [3.8, 4) is 5.75 Å². The van der Waals surface area contributed by atoms with Gasteiger partial charge in [-0.1, -0.05) is 58.6 Å². The zero-order valence-corrected chi connectivity index (χ0v) is 16.9. The molecule has 0 amide bonds. The van der Waals surface area contributed by atoms with Gasteiger partial charge in [0.05, 0.1) is 0 Å². The fraction of sp³-hybridized carbons (Fsp3) is 0.588. The van der Waals surface area contributed by atoms with Gasteiger partial charge in [0.25, 0.3) is 0 Å². The van der Waals surface area contributed by atoms with Crippen molar-refractivity contribution in [2.24, 2.45) is 0 Å². The van der Waals surface area contributed by atoms with Crippen LogP contribution >= 0.6 is 0 Å². The van der Waals surface area contributed by atoms with Gasteiger partial charge in [-0.05, 0) is 36.5 Å². The van der Waals surface area contributed by atoms with Crippen LogP contribution in [0.4, 0.5) is 0 Å². The summed E-state index contributed by atoms with van der Waals surface area (Å²) in [4.78, 5) is 13.7. The number of benzene rings is 1. The molecule has 1 aromatic rings. The molecule has 0 unspecified atom stereocenters. The number of hydrogen-bond acceptors (Lipinski definition) is 4. The van der Waals surface area contributed by atoms with Crippen molar-refractivity contribution in [2.75, 3.05) is 0 Å². The number of unbranched alkanes of at least 4 members (excludes halogenated alkanes) is 4. The summed E-state index contributed by atoms with van der Waals surface area (Å²) in [6.45, 7) is 6.35. The molecule has 0 atom stereocenters. The van der Waals surface area contributed by atoms with Gasteiger partial charge in [0.15, 0.2) is 0 Å². The van der Waals surface area contributed by atoms with Crippen molar-refractivity contribution >= 4 is 5.97 Å². The van der Waals surface area contributed by atoms with Gasteiger partial charge >= 0.3 is 19.5 Å². The van der Waals surface area contributed by atoms with Gasteiger partial charge in [0, 0.05) is 5.97 Å². The zero-order chi connectivity index (χ0) is 16.1. The van der Waals surface area contributed by atoms with Gasteiger partial charge < -0.3 is 20.0 Å². The van der Waals surface area contributed by atoms with Gasteiger partial charge in [0.2, 0.25) is 0 Å². The Balaban J connectivity index is 0. The Kier molecular flexibility index (Phi) is 15.9. The number of carboxylic acids is 1. The topological polar surface area (TPSA) is 72.4 Å². The number of carbonyl (C=O) groups excluding carboxylic acids is 1. The minimum absolute atomic E-state index is 0. The molecular formula is C17H26O4Zn. The van der Waals surface area contributed by atoms with E-state index in [2.05, 4.69) is 25.7 Å². The average Bonchev–Trinajstić information content (AvgIpc) is 2.47. The van der Waals surface area contributed by atoms with Crippen LogP contribution in [0.15, 0.2) is 24.3 Å². The minimum atomic E-state index is -0.920. The first-order chi connectivity index (χ1) is 10.0. The van der Waals surface area contributed by atoms with E-state index in [0.29, 0.717) is 11.7 Å². The molecular weight excluding hydrogens is 334 g/mol. The van der Waals surface area contributed by atoms with Gasteiger partial charge in [-0.25, -0.2) is 0 Å². The van der Waals surface area contributed by atoms with Crippen molar-refractivity contribution < 1.29 is 39.5 Å². The quantitative estimate of drug-likeness (QED) is 0.309. The molecule has 4 nitrogen and oxygen atoms in total. The molecule has 0 aliphatic carbocycles. The molecule has 0 saturated carbocycles.